The van der Waals surface area contributed by atoms with Gasteiger partial charge in [0.25, 0.3) is 5.91 Å². The van der Waals surface area contributed by atoms with Crippen LogP contribution in [0.15, 0.2) is 53.4 Å². The van der Waals surface area contributed by atoms with Crippen LogP contribution in [-0.2, 0) is 14.8 Å². The Morgan fingerprint density at radius 2 is 1.57 bits per heavy atom. The summed E-state index contributed by atoms with van der Waals surface area (Å²) in [5, 5.41) is 10.5. The largest absolute Gasteiger partial charge is 0.490 e. The average Bonchev–Trinajstić information content (AvgIpc) is 2.91. The molecule has 1 saturated heterocycles. The van der Waals surface area contributed by atoms with Crippen molar-refractivity contribution in [3.8, 4) is 0 Å². The van der Waals surface area contributed by atoms with Crippen LogP contribution in [0.4, 0.5) is 18.9 Å². The molecule has 4 rings (SSSR count). The molecule has 220 valence electrons. The fraction of sp³-hybridized carbons (Fsp3) is 0.481. The van der Waals surface area contributed by atoms with Crippen LogP contribution in [0, 0.1) is 5.92 Å². The topological polar surface area (TPSA) is 116 Å². The molecule has 1 amide bonds. The van der Waals surface area contributed by atoms with Crippen molar-refractivity contribution >= 4 is 39.2 Å². The Balaban J connectivity index is 0.000000559. The van der Waals surface area contributed by atoms with E-state index in [0.29, 0.717) is 10.7 Å². The number of carbonyl (C=O) groups is 2. The molecule has 2 fully saturated rings. The number of halogens is 4. The van der Waals surface area contributed by atoms with Crippen LogP contribution in [0.3, 0.4) is 0 Å². The highest BCUT2D eigenvalue weighted by Gasteiger charge is 2.38. The first kappa shape index (κ1) is 31.9. The number of benzene rings is 2. The molecule has 1 aliphatic heterocycles. The van der Waals surface area contributed by atoms with Gasteiger partial charge < -0.3 is 15.3 Å². The summed E-state index contributed by atoms with van der Waals surface area (Å²) in [6.07, 6.45) is 3.24. The van der Waals surface area contributed by atoms with Crippen molar-refractivity contribution < 1.29 is 36.3 Å². The number of hydrogen-bond donors (Lipinski definition) is 3. The van der Waals surface area contributed by atoms with Crippen LogP contribution in [0.5, 0.6) is 0 Å². The minimum absolute atomic E-state index is 0.0795. The van der Waals surface area contributed by atoms with E-state index >= 15 is 0 Å². The molecule has 13 heteroatoms. The van der Waals surface area contributed by atoms with E-state index < -0.39 is 22.2 Å². The number of anilines is 1. The molecule has 8 nitrogen and oxygen atoms in total. The molecule has 40 heavy (non-hydrogen) atoms. The minimum atomic E-state index is -5.08. The highest BCUT2D eigenvalue weighted by Crippen LogP contribution is 2.26. The van der Waals surface area contributed by atoms with Gasteiger partial charge in [0.2, 0.25) is 10.0 Å². The lowest BCUT2D eigenvalue weighted by atomic mass is 9.88. The smallest absolute Gasteiger partial charge is 0.475 e. The summed E-state index contributed by atoms with van der Waals surface area (Å²) >= 11 is 5.88. The summed E-state index contributed by atoms with van der Waals surface area (Å²) in [5.74, 6) is -2.33. The first-order valence-electron chi connectivity index (χ1n) is 13.1. The second-order valence-electron chi connectivity index (χ2n) is 9.99. The van der Waals surface area contributed by atoms with Gasteiger partial charge in [-0.1, -0.05) is 36.9 Å². The van der Waals surface area contributed by atoms with Crippen LogP contribution in [0.25, 0.3) is 0 Å². The third kappa shape index (κ3) is 10.1. The van der Waals surface area contributed by atoms with Gasteiger partial charge in [0.15, 0.2) is 0 Å². The van der Waals surface area contributed by atoms with Crippen molar-refractivity contribution in [3.63, 3.8) is 0 Å². The zero-order valence-corrected chi connectivity index (χ0v) is 23.4. The van der Waals surface area contributed by atoms with Crippen molar-refractivity contribution in [3.05, 3.63) is 59.1 Å². The SMILES string of the molecule is O=C(Nc1ccc(Cl)cc1)c1cccc(S(=O)(=O)NC2CCN(CC3CCCCC3)CC2)c1.O=C(O)C(F)(F)F. The highest BCUT2D eigenvalue weighted by molar-refractivity contribution is 7.89. The number of nitrogens with zero attached hydrogens (tertiary/aromatic N) is 1. The number of aliphatic carboxylic acids is 1. The van der Waals surface area contributed by atoms with Gasteiger partial charge >= 0.3 is 12.1 Å². The molecule has 2 aromatic rings. The van der Waals surface area contributed by atoms with Gasteiger partial charge in [-0.2, -0.15) is 13.2 Å². The van der Waals surface area contributed by atoms with Gasteiger partial charge in [-0.15, -0.1) is 0 Å². The number of alkyl halides is 3. The van der Waals surface area contributed by atoms with E-state index in [1.807, 2.05) is 0 Å². The number of likely N-dealkylation sites (tertiary alicyclic amines) is 1. The van der Waals surface area contributed by atoms with E-state index in [0.717, 1.165) is 38.4 Å². The Kier molecular flexibility index (Phi) is 11.4. The summed E-state index contributed by atoms with van der Waals surface area (Å²) in [4.78, 5) is 24.1. The number of hydrogen-bond acceptors (Lipinski definition) is 5. The lowest BCUT2D eigenvalue weighted by Gasteiger charge is -2.35. The number of sulfonamides is 1. The summed E-state index contributed by atoms with van der Waals surface area (Å²) in [6.45, 7) is 2.99. The Morgan fingerprint density at radius 3 is 2.15 bits per heavy atom. The number of carboxylic acids is 1. The molecule has 0 unspecified atom stereocenters. The van der Waals surface area contributed by atoms with E-state index in [9.17, 15) is 26.4 Å². The maximum Gasteiger partial charge on any atom is 0.490 e. The van der Waals surface area contributed by atoms with Gasteiger partial charge in [-0.3, -0.25) is 4.79 Å². The fourth-order valence-corrected chi connectivity index (χ4v) is 6.27. The lowest BCUT2D eigenvalue weighted by molar-refractivity contribution is -0.192. The summed E-state index contributed by atoms with van der Waals surface area (Å²) < 4.78 is 60.6. The molecule has 0 bridgehead atoms. The molecule has 0 spiro atoms. The predicted octanol–water partition coefficient (Wildman–Crippen LogP) is 5.55. The lowest BCUT2D eigenvalue weighted by Crippen LogP contribution is -2.45. The van der Waals surface area contributed by atoms with Crippen molar-refractivity contribution in [1.82, 2.24) is 9.62 Å². The zero-order chi connectivity index (χ0) is 29.3. The molecule has 0 aromatic heterocycles. The van der Waals surface area contributed by atoms with Gasteiger partial charge in [-0.25, -0.2) is 17.9 Å². The van der Waals surface area contributed by atoms with Gasteiger partial charge in [0.1, 0.15) is 0 Å². The second kappa shape index (κ2) is 14.3. The number of amides is 1. The van der Waals surface area contributed by atoms with Gasteiger partial charge in [0.05, 0.1) is 4.90 Å². The normalized spacial score (nSPS) is 17.5. The third-order valence-electron chi connectivity index (χ3n) is 6.90. The van der Waals surface area contributed by atoms with Crippen molar-refractivity contribution in [2.45, 2.75) is 62.1 Å². The molecule has 1 saturated carbocycles. The third-order valence-corrected chi connectivity index (χ3v) is 8.67. The Hall–Kier alpha value is -2.67. The van der Waals surface area contributed by atoms with E-state index in [-0.39, 0.29) is 22.4 Å². The average molecular weight is 604 g/mol. The van der Waals surface area contributed by atoms with Crippen molar-refractivity contribution in [2.75, 3.05) is 25.0 Å². The maximum absolute atomic E-state index is 13.0. The predicted molar refractivity (Wildman–Crippen MR) is 146 cm³/mol. The van der Waals surface area contributed by atoms with Crippen LogP contribution < -0.4 is 10.0 Å². The molecule has 2 aliphatic rings. The molecule has 0 atom stereocenters. The number of piperidine rings is 1. The van der Waals surface area contributed by atoms with Crippen molar-refractivity contribution in [1.29, 1.82) is 0 Å². The first-order chi connectivity index (χ1) is 18.8. The van der Waals surface area contributed by atoms with Gasteiger partial charge in [0, 0.05) is 28.9 Å². The number of nitrogens with one attached hydrogen (secondary N) is 2. The van der Waals surface area contributed by atoms with E-state index in [1.54, 1.807) is 36.4 Å². The summed E-state index contributed by atoms with van der Waals surface area (Å²) in [6, 6.07) is 12.8. The maximum atomic E-state index is 13.0. The van der Waals surface area contributed by atoms with Crippen LogP contribution in [0.1, 0.15) is 55.3 Å². The molecule has 2 aromatic carbocycles. The first-order valence-corrected chi connectivity index (χ1v) is 14.9. The summed E-state index contributed by atoms with van der Waals surface area (Å²) in [7, 11) is -3.71. The van der Waals surface area contributed by atoms with Crippen LogP contribution in [0.2, 0.25) is 5.02 Å². The molecule has 1 aliphatic carbocycles. The van der Waals surface area contributed by atoms with Crippen LogP contribution in [-0.4, -0.2) is 62.2 Å². The fourth-order valence-electron chi connectivity index (χ4n) is 4.80. The van der Waals surface area contributed by atoms with E-state index in [2.05, 4.69) is 14.9 Å². The molecule has 0 radical (unpaired) electrons. The van der Waals surface area contributed by atoms with Crippen LogP contribution >= 0.6 is 11.6 Å². The molecule has 3 N–H and O–H groups in total. The second-order valence-corrected chi connectivity index (χ2v) is 12.1. The number of rotatable bonds is 7. The standard InChI is InChI=1S/C25H32ClN3O3S.C2HF3O2/c26-21-9-11-22(12-10-21)27-25(30)20-7-4-8-24(17-20)33(31,32)28-23-13-15-29(16-14-23)18-19-5-2-1-3-6-19;3-2(4,5)1(6)7/h4,7-12,17,19,23,28H,1-3,5-6,13-16,18H2,(H,27,30);(H,6,7). The molecule has 1 heterocycles. The Labute approximate surface area is 236 Å². The quantitative estimate of drug-likeness (QED) is 0.382. The monoisotopic (exact) mass is 603 g/mol. The molecular weight excluding hydrogens is 571 g/mol. The zero-order valence-electron chi connectivity index (χ0n) is 21.8. The minimum Gasteiger partial charge on any atom is -0.475 e. The molecular formula is C27H33ClF3N3O5S. The van der Waals surface area contributed by atoms with E-state index in [1.165, 1.54) is 44.2 Å². The summed E-state index contributed by atoms with van der Waals surface area (Å²) in [5.41, 5.74) is 0.880. The van der Waals surface area contributed by atoms with Gasteiger partial charge in [-0.05, 0) is 87.2 Å². The highest BCUT2D eigenvalue weighted by atomic mass is 35.5. The number of carbonyl (C=O) groups excluding carboxylic acids is 1. The Bertz CT molecular complexity index is 1240. The Morgan fingerprint density at radius 1 is 0.975 bits per heavy atom. The number of carboxylic acid groups (broad SMARTS) is 1. The van der Waals surface area contributed by atoms with Crippen molar-refractivity contribution in [2.24, 2.45) is 5.92 Å². The van der Waals surface area contributed by atoms with E-state index in [4.69, 9.17) is 21.5 Å².